The van der Waals surface area contributed by atoms with Crippen molar-refractivity contribution in [3.8, 4) is 33.1 Å². The van der Waals surface area contributed by atoms with Crippen LogP contribution in [0.4, 0.5) is 5.69 Å². The lowest BCUT2D eigenvalue weighted by Crippen LogP contribution is -2.18. The van der Waals surface area contributed by atoms with Gasteiger partial charge in [-0.2, -0.15) is 5.10 Å². The first-order valence-electron chi connectivity index (χ1n) is 14.2. The summed E-state index contributed by atoms with van der Waals surface area (Å²) in [4.78, 5) is 43.3. The van der Waals surface area contributed by atoms with Crippen LogP contribution < -0.4 is 5.32 Å². The molecule has 0 saturated heterocycles. The van der Waals surface area contributed by atoms with Gasteiger partial charge in [-0.15, -0.1) is 11.3 Å². The highest BCUT2D eigenvalue weighted by molar-refractivity contribution is 7.17. The topological polar surface area (TPSA) is 129 Å². The Morgan fingerprint density at radius 2 is 1.81 bits per heavy atom. The molecule has 1 fully saturated rings. The number of aromatic nitrogens is 6. The van der Waals surface area contributed by atoms with Crippen molar-refractivity contribution in [2.45, 2.75) is 45.4 Å². The molecular formula is C32H29N7O2S. The maximum absolute atomic E-state index is 12.7. The molecule has 6 aromatic rings. The molecule has 7 rings (SSSR count). The molecule has 42 heavy (non-hydrogen) atoms. The number of pyridine rings is 3. The van der Waals surface area contributed by atoms with E-state index in [0.29, 0.717) is 28.6 Å². The molecule has 6 aromatic heterocycles. The molecule has 1 amide bonds. The Kier molecular flexibility index (Phi) is 6.83. The van der Waals surface area contributed by atoms with Crippen molar-refractivity contribution >= 4 is 50.7 Å². The molecule has 6 heterocycles. The Hall–Kier alpha value is -4.70. The molecule has 1 saturated carbocycles. The molecular weight excluding hydrogens is 546 g/mol. The van der Waals surface area contributed by atoms with Gasteiger partial charge in [-0.3, -0.25) is 24.7 Å². The lowest BCUT2D eigenvalue weighted by Gasteiger charge is -2.20. The number of ketones is 1. The van der Waals surface area contributed by atoms with Gasteiger partial charge in [-0.05, 0) is 62.1 Å². The minimum atomic E-state index is 0.0410. The zero-order chi connectivity index (χ0) is 28.6. The number of thiophene rings is 1. The fourth-order valence-corrected chi connectivity index (χ4v) is 6.74. The molecule has 210 valence electrons. The Morgan fingerprint density at radius 3 is 2.64 bits per heavy atom. The number of anilines is 1. The molecule has 0 atom stereocenters. The summed E-state index contributed by atoms with van der Waals surface area (Å²) in [6.45, 7) is 1.57. The third-order valence-electron chi connectivity index (χ3n) is 7.96. The van der Waals surface area contributed by atoms with E-state index in [2.05, 4.69) is 35.5 Å². The maximum Gasteiger partial charge on any atom is 0.224 e. The summed E-state index contributed by atoms with van der Waals surface area (Å²) < 4.78 is 0. The van der Waals surface area contributed by atoms with Crippen LogP contribution in [0.3, 0.4) is 0 Å². The van der Waals surface area contributed by atoms with E-state index in [1.165, 1.54) is 30.6 Å². The number of aromatic amines is 2. The van der Waals surface area contributed by atoms with Gasteiger partial charge in [0.1, 0.15) is 5.69 Å². The number of H-pyrrole nitrogens is 2. The van der Waals surface area contributed by atoms with Crippen molar-refractivity contribution in [3.05, 3.63) is 66.1 Å². The van der Waals surface area contributed by atoms with Gasteiger partial charge < -0.3 is 10.3 Å². The van der Waals surface area contributed by atoms with Crippen LogP contribution in [0.15, 0.2) is 61.2 Å². The second-order valence-corrected chi connectivity index (χ2v) is 12.0. The van der Waals surface area contributed by atoms with E-state index in [4.69, 9.17) is 0 Å². The molecule has 0 unspecified atom stereocenters. The first-order chi connectivity index (χ1) is 20.5. The summed E-state index contributed by atoms with van der Waals surface area (Å²) in [6.07, 6.45) is 13.5. The maximum atomic E-state index is 12.7. The smallest absolute Gasteiger partial charge is 0.224 e. The summed E-state index contributed by atoms with van der Waals surface area (Å²) in [7, 11) is 0. The van der Waals surface area contributed by atoms with Crippen LogP contribution >= 0.6 is 11.3 Å². The number of hydrogen-bond donors (Lipinski definition) is 3. The standard InChI is InChI=1S/C32H29N7O2S/c1-18(40)27-7-8-28(42-27)31-23-14-26(37-25(23)9-10-34-31)30-24-13-21(16-35-32(24)39-38-30)20-12-22(17-33-15-20)36-29(41)11-19-5-3-2-4-6-19/h7-10,12-17,19,37H,2-6,11H2,1H3,(H,36,41)(H,35,38,39). The number of hydrogen-bond acceptors (Lipinski definition) is 7. The summed E-state index contributed by atoms with van der Waals surface area (Å²) >= 11 is 1.44. The minimum Gasteiger partial charge on any atom is -0.353 e. The number of carbonyl (C=O) groups excluding carboxylic acids is 2. The predicted molar refractivity (Wildman–Crippen MR) is 165 cm³/mol. The SMILES string of the molecule is CC(=O)c1ccc(-c2nccc3[nH]c(-c4n[nH]c5ncc(-c6cncc(NC(=O)CC7CCCCC7)c6)cc45)cc23)s1. The van der Waals surface area contributed by atoms with Gasteiger partial charge in [0.2, 0.25) is 5.91 Å². The van der Waals surface area contributed by atoms with Crippen LogP contribution in [0.1, 0.15) is 55.1 Å². The van der Waals surface area contributed by atoms with Crippen molar-refractivity contribution in [2.75, 3.05) is 5.32 Å². The lowest BCUT2D eigenvalue weighted by atomic mass is 9.87. The average molecular weight is 576 g/mol. The molecule has 3 N–H and O–H groups in total. The van der Waals surface area contributed by atoms with Gasteiger partial charge in [-0.25, -0.2) is 4.98 Å². The zero-order valence-electron chi connectivity index (χ0n) is 23.1. The molecule has 0 aliphatic heterocycles. The Labute approximate surface area is 245 Å². The van der Waals surface area contributed by atoms with Crippen LogP contribution in [-0.2, 0) is 4.79 Å². The number of Topliss-reactive ketones (excluding diaryl/α,β-unsaturated/α-hetero) is 1. The quantitative estimate of drug-likeness (QED) is 0.170. The van der Waals surface area contributed by atoms with Crippen LogP contribution in [0.5, 0.6) is 0 Å². The van der Waals surface area contributed by atoms with Crippen molar-refractivity contribution in [2.24, 2.45) is 5.92 Å². The second-order valence-electron chi connectivity index (χ2n) is 10.9. The van der Waals surface area contributed by atoms with E-state index < -0.39 is 0 Å². The molecule has 9 nitrogen and oxygen atoms in total. The molecule has 1 aliphatic carbocycles. The largest absolute Gasteiger partial charge is 0.353 e. The summed E-state index contributed by atoms with van der Waals surface area (Å²) in [5, 5.41) is 12.5. The predicted octanol–water partition coefficient (Wildman–Crippen LogP) is 7.40. The van der Waals surface area contributed by atoms with E-state index >= 15 is 0 Å². The van der Waals surface area contributed by atoms with E-state index in [1.807, 2.05) is 36.4 Å². The number of nitrogens with one attached hydrogen (secondary N) is 3. The Bertz CT molecular complexity index is 1950. The van der Waals surface area contributed by atoms with E-state index in [1.54, 1.807) is 31.7 Å². The van der Waals surface area contributed by atoms with Crippen molar-refractivity contribution < 1.29 is 9.59 Å². The third kappa shape index (κ3) is 5.09. The second kappa shape index (κ2) is 10.9. The summed E-state index contributed by atoms with van der Waals surface area (Å²) in [5.41, 5.74) is 6.38. The number of nitrogens with zero attached hydrogens (tertiary/aromatic N) is 4. The Morgan fingerprint density at radius 1 is 0.952 bits per heavy atom. The van der Waals surface area contributed by atoms with Crippen molar-refractivity contribution in [3.63, 3.8) is 0 Å². The van der Waals surface area contributed by atoms with Gasteiger partial charge in [0, 0.05) is 52.4 Å². The van der Waals surface area contributed by atoms with Gasteiger partial charge in [-0.1, -0.05) is 19.3 Å². The van der Waals surface area contributed by atoms with Gasteiger partial charge in [0.15, 0.2) is 11.4 Å². The van der Waals surface area contributed by atoms with Crippen molar-refractivity contribution in [1.29, 1.82) is 0 Å². The first kappa shape index (κ1) is 26.2. The fourth-order valence-electron chi connectivity index (χ4n) is 5.83. The molecule has 10 heteroatoms. The van der Waals surface area contributed by atoms with Crippen molar-refractivity contribution in [1.82, 2.24) is 30.1 Å². The van der Waals surface area contributed by atoms with E-state index in [0.717, 1.165) is 62.2 Å². The highest BCUT2D eigenvalue weighted by Crippen LogP contribution is 2.36. The highest BCUT2D eigenvalue weighted by atomic mass is 32.1. The van der Waals surface area contributed by atoms with Crippen LogP contribution in [0.2, 0.25) is 0 Å². The monoisotopic (exact) mass is 575 g/mol. The van der Waals surface area contributed by atoms with Gasteiger partial charge in [0.05, 0.1) is 33.0 Å². The van der Waals surface area contributed by atoms with Crippen LogP contribution in [0, 0.1) is 5.92 Å². The number of rotatable bonds is 7. The molecule has 0 aromatic carbocycles. The van der Waals surface area contributed by atoms with E-state index in [-0.39, 0.29) is 11.7 Å². The zero-order valence-corrected chi connectivity index (χ0v) is 23.9. The minimum absolute atomic E-state index is 0.0410. The summed E-state index contributed by atoms with van der Waals surface area (Å²) in [6, 6.07) is 11.7. The molecule has 0 radical (unpaired) electrons. The normalized spacial score (nSPS) is 14.0. The van der Waals surface area contributed by atoms with Gasteiger partial charge >= 0.3 is 0 Å². The number of amides is 1. The van der Waals surface area contributed by atoms with Gasteiger partial charge in [0.25, 0.3) is 0 Å². The first-order valence-corrected chi connectivity index (χ1v) is 15.0. The fraction of sp³-hybridized carbons (Fsp3) is 0.250. The third-order valence-corrected chi connectivity index (χ3v) is 9.15. The Balaban J connectivity index is 1.19. The van der Waals surface area contributed by atoms with Crippen LogP contribution in [-0.4, -0.2) is 41.8 Å². The van der Waals surface area contributed by atoms with Crippen LogP contribution in [0.25, 0.3) is 55.0 Å². The molecule has 0 spiro atoms. The van der Waals surface area contributed by atoms with E-state index in [9.17, 15) is 9.59 Å². The molecule has 0 bridgehead atoms. The number of carbonyl (C=O) groups is 2. The molecule has 1 aliphatic rings. The number of fused-ring (bicyclic) bond motifs is 2. The summed E-state index contributed by atoms with van der Waals surface area (Å²) in [5.74, 6) is 0.558. The highest BCUT2D eigenvalue weighted by Gasteiger charge is 2.19. The average Bonchev–Trinajstić information content (AvgIpc) is 3.75. The lowest BCUT2D eigenvalue weighted by molar-refractivity contribution is -0.117.